The normalized spacial score (nSPS) is 9.43. The quantitative estimate of drug-likeness (QED) is 0.500. The highest BCUT2D eigenvalue weighted by Gasteiger charge is 1.83. The first-order valence-corrected chi connectivity index (χ1v) is 2.33. The molecule has 0 bridgehead atoms. The van der Waals surface area contributed by atoms with E-state index < -0.39 is 0 Å². The van der Waals surface area contributed by atoms with Crippen LogP contribution in [0.2, 0.25) is 0 Å². The molecule has 7 heavy (non-hydrogen) atoms. The standard InChI is InChI=1S/C6H8N/c1-5-3-6(2)7-4-5/h4,7H,1-2H3. The molecule has 0 fully saturated rings. The Morgan fingerprint density at radius 2 is 2.29 bits per heavy atom. The van der Waals surface area contributed by atoms with Crippen LogP contribution in [0.1, 0.15) is 11.3 Å². The lowest BCUT2D eigenvalue weighted by molar-refractivity contribution is 1.26. The van der Waals surface area contributed by atoms with Crippen LogP contribution >= 0.6 is 0 Å². The van der Waals surface area contributed by atoms with Crippen LogP contribution in [0.4, 0.5) is 0 Å². The summed E-state index contributed by atoms with van der Waals surface area (Å²) in [6.45, 7) is 4.01. The highest BCUT2D eigenvalue weighted by atomic mass is 14.7. The maximum atomic E-state index is 3.08. The summed E-state index contributed by atoms with van der Waals surface area (Å²) < 4.78 is 0. The molecule has 1 rings (SSSR count). The zero-order valence-electron chi connectivity index (χ0n) is 4.58. The van der Waals surface area contributed by atoms with Crippen LogP contribution in [-0.2, 0) is 0 Å². The van der Waals surface area contributed by atoms with E-state index in [9.17, 15) is 0 Å². The van der Waals surface area contributed by atoms with Crippen LogP contribution in [0.15, 0.2) is 6.20 Å². The van der Waals surface area contributed by atoms with Gasteiger partial charge < -0.3 is 4.98 Å². The van der Waals surface area contributed by atoms with Crippen LogP contribution < -0.4 is 0 Å². The molecule has 0 atom stereocenters. The summed E-state index contributed by atoms with van der Waals surface area (Å²) in [7, 11) is 0. The zero-order chi connectivity index (χ0) is 5.28. The second kappa shape index (κ2) is 1.41. The molecule has 0 spiro atoms. The Morgan fingerprint density at radius 1 is 1.57 bits per heavy atom. The summed E-state index contributed by atoms with van der Waals surface area (Å²) in [6, 6.07) is 3.08. The van der Waals surface area contributed by atoms with Crippen molar-refractivity contribution in [1.82, 2.24) is 4.98 Å². The molecule has 0 saturated carbocycles. The van der Waals surface area contributed by atoms with Crippen LogP contribution in [-0.4, -0.2) is 4.98 Å². The Morgan fingerprint density at radius 3 is 2.43 bits per heavy atom. The summed E-state index contributed by atoms with van der Waals surface area (Å²) in [5.41, 5.74) is 2.29. The number of H-pyrrole nitrogens is 1. The van der Waals surface area contributed by atoms with Crippen molar-refractivity contribution in [3.8, 4) is 0 Å². The van der Waals surface area contributed by atoms with E-state index in [0.717, 1.165) is 5.69 Å². The fourth-order valence-electron chi connectivity index (χ4n) is 0.584. The summed E-state index contributed by atoms with van der Waals surface area (Å²) >= 11 is 0. The third-order valence-electron chi connectivity index (χ3n) is 0.890. The van der Waals surface area contributed by atoms with Gasteiger partial charge in [-0.3, -0.25) is 0 Å². The van der Waals surface area contributed by atoms with Crippen molar-refractivity contribution in [2.45, 2.75) is 13.8 Å². The van der Waals surface area contributed by atoms with Gasteiger partial charge >= 0.3 is 0 Å². The molecule has 1 radical (unpaired) electrons. The fourth-order valence-corrected chi connectivity index (χ4v) is 0.584. The largest absolute Gasteiger partial charge is 0.364 e. The minimum absolute atomic E-state index is 1.11. The Bertz CT molecular complexity index is 136. The third kappa shape index (κ3) is 0.829. The van der Waals surface area contributed by atoms with Gasteiger partial charge in [-0.15, -0.1) is 0 Å². The first-order chi connectivity index (χ1) is 3.29. The summed E-state index contributed by atoms with van der Waals surface area (Å²) in [4.78, 5) is 3.01. The van der Waals surface area contributed by atoms with Gasteiger partial charge in [0, 0.05) is 18.0 Å². The van der Waals surface area contributed by atoms with Crippen molar-refractivity contribution < 1.29 is 0 Å². The Kier molecular flexibility index (Phi) is 0.895. The monoisotopic (exact) mass is 94.1 g/mol. The van der Waals surface area contributed by atoms with Gasteiger partial charge in [-0.25, -0.2) is 0 Å². The van der Waals surface area contributed by atoms with E-state index in [2.05, 4.69) is 11.1 Å². The first-order valence-electron chi connectivity index (χ1n) is 2.33. The molecule has 0 amide bonds. The number of aromatic amines is 1. The van der Waals surface area contributed by atoms with E-state index in [0.29, 0.717) is 0 Å². The first kappa shape index (κ1) is 4.44. The fraction of sp³-hybridized carbons (Fsp3) is 0.333. The van der Waals surface area contributed by atoms with Gasteiger partial charge in [-0.05, 0) is 19.4 Å². The van der Waals surface area contributed by atoms with Crippen molar-refractivity contribution in [2.75, 3.05) is 0 Å². The molecule has 1 aromatic heterocycles. The molecule has 0 aliphatic rings. The molecule has 0 aromatic carbocycles. The third-order valence-corrected chi connectivity index (χ3v) is 0.890. The van der Waals surface area contributed by atoms with Crippen molar-refractivity contribution in [1.29, 1.82) is 0 Å². The van der Waals surface area contributed by atoms with Crippen LogP contribution in [0.3, 0.4) is 0 Å². The Labute approximate surface area is 43.4 Å². The minimum Gasteiger partial charge on any atom is -0.364 e. The van der Waals surface area contributed by atoms with Gasteiger partial charge in [0.25, 0.3) is 0 Å². The van der Waals surface area contributed by atoms with Gasteiger partial charge in [0.05, 0.1) is 0 Å². The van der Waals surface area contributed by atoms with Gasteiger partial charge in [-0.2, -0.15) is 0 Å². The number of hydrogen-bond donors (Lipinski definition) is 1. The van der Waals surface area contributed by atoms with Crippen molar-refractivity contribution >= 4 is 0 Å². The molecule has 0 aliphatic carbocycles. The maximum absolute atomic E-state index is 3.08. The molecule has 0 saturated heterocycles. The van der Waals surface area contributed by atoms with Gasteiger partial charge in [0.1, 0.15) is 0 Å². The smallest absolute Gasteiger partial charge is 0.0198 e. The molecule has 1 heterocycles. The van der Waals surface area contributed by atoms with E-state index in [-0.39, 0.29) is 0 Å². The van der Waals surface area contributed by atoms with E-state index in [4.69, 9.17) is 0 Å². The SMILES string of the molecule is Cc1[c]c(C)[nH]c1. The number of nitrogens with one attached hydrogen (secondary N) is 1. The van der Waals surface area contributed by atoms with Gasteiger partial charge in [0.15, 0.2) is 0 Å². The summed E-state index contributed by atoms with van der Waals surface area (Å²) in [5, 5.41) is 0. The summed E-state index contributed by atoms with van der Waals surface area (Å²) in [5.74, 6) is 0. The molecule has 1 N–H and O–H groups in total. The topological polar surface area (TPSA) is 15.8 Å². The second-order valence-electron chi connectivity index (χ2n) is 1.72. The average molecular weight is 94.1 g/mol. The number of aryl methyl sites for hydroxylation is 2. The Balaban J connectivity index is 3.04. The Hall–Kier alpha value is -0.720. The van der Waals surface area contributed by atoms with Gasteiger partial charge in [-0.1, -0.05) is 0 Å². The van der Waals surface area contributed by atoms with Crippen LogP contribution in [0, 0.1) is 19.9 Å². The second-order valence-corrected chi connectivity index (χ2v) is 1.72. The molecule has 37 valence electrons. The van der Waals surface area contributed by atoms with Crippen LogP contribution in [0.25, 0.3) is 0 Å². The molecular weight excluding hydrogens is 86.1 g/mol. The minimum atomic E-state index is 1.11. The number of rotatable bonds is 0. The molecule has 1 heteroatoms. The van der Waals surface area contributed by atoms with E-state index in [1.165, 1.54) is 5.56 Å². The van der Waals surface area contributed by atoms with Crippen LogP contribution in [0.5, 0.6) is 0 Å². The summed E-state index contributed by atoms with van der Waals surface area (Å²) in [6.07, 6.45) is 1.94. The average Bonchev–Trinajstić information content (AvgIpc) is 1.87. The lowest BCUT2D eigenvalue weighted by Gasteiger charge is -1.70. The predicted molar refractivity (Wildman–Crippen MR) is 29.1 cm³/mol. The van der Waals surface area contributed by atoms with Gasteiger partial charge in [0.2, 0.25) is 0 Å². The van der Waals surface area contributed by atoms with Crippen molar-refractivity contribution in [3.05, 3.63) is 23.5 Å². The zero-order valence-corrected chi connectivity index (χ0v) is 4.58. The molecule has 0 aliphatic heterocycles. The lowest BCUT2D eigenvalue weighted by Crippen LogP contribution is -1.60. The number of hydrogen-bond acceptors (Lipinski definition) is 0. The van der Waals surface area contributed by atoms with E-state index >= 15 is 0 Å². The molecule has 1 nitrogen and oxygen atoms in total. The number of aromatic nitrogens is 1. The molecule has 1 aromatic rings. The highest BCUT2D eigenvalue weighted by Crippen LogP contribution is 1.95. The van der Waals surface area contributed by atoms with E-state index in [1.807, 2.05) is 20.0 Å². The molecule has 0 unspecified atom stereocenters. The van der Waals surface area contributed by atoms with Crippen molar-refractivity contribution in [3.63, 3.8) is 0 Å². The maximum Gasteiger partial charge on any atom is 0.0198 e. The molecular formula is C6H8N. The van der Waals surface area contributed by atoms with E-state index in [1.54, 1.807) is 0 Å². The highest BCUT2D eigenvalue weighted by molar-refractivity contribution is 5.10. The van der Waals surface area contributed by atoms with Crippen molar-refractivity contribution in [2.24, 2.45) is 0 Å². The predicted octanol–water partition coefficient (Wildman–Crippen LogP) is 1.43. The lowest BCUT2D eigenvalue weighted by atomic mass is 10.4.